The zero-order valence-corrected chi connectivity index (χ0v) is 13.0. The van der Waals surface area contributed by atoms with Crippen LogP contribution in [0.2, 0.25) is 0 Å². The Morgan fingerprint density at radius 3 is 2.65 bits per heavy atom. The SMILES string of the molecule is O=C(Nc1cccnc1Br)c1cccc([N+](=O)[O-])c1Br. The number of hydrogen-bond acceptors (Lipinski definition) is 4. The van der Waals surface area contributed by atoms with E-state index >= 15 is 0 Å². The molecule has 0 unspecified atom stereocenters. The number of aromatic nitrogens is 1. The molecule has 2 aromatic rings. The third-order valence-electron chi connectivity index (χ3n) is 2.43. The van der Waals surface area contributed by atoms with E-state index in [1.807, 2.05) is 0 Å². The number of nitro groups is 1. The molecular formula is C12H7Br2N3O3. The molecule has 0 saturated heterocycles. The maximum Gasteiger partial charge on any atom is 0.284 e. The molecule has 1 amide bonds. The van der Waals surface area contributed by atoms with Gasteiger partial charge in [0.1, 0.15) is 9.08 Å². The summed E-state index contributed by atoms with van der Waals surface area (Å²) in [4.78, 5) is 26.4. The number of carbonyl (C=O) groups is 1. The van der Waals surface area contributed by atoms with Crippen LogP contribution in [0, 0.1) is 10.1 Å². The van der Waals surface area contributed by atoms with Gasteiger partial charge in [-0.1, -0.05) is 6.07 Å². The summed E-state index contributed by atoms with van der Waals surface area (Å²) in [5, 5.41) is 13.5. The van der Waals surface area contributed by atoms with Crippen LogP contribution in [0.1, 0.15) is 10.4 Å². The molecule has 1 heterocycles. The Balaban J connectivity index is 2.33. The van der Waals surface area contributed by atoms with E-state index in [4.69, 9.17) is 0 Å². The second-order valence-corrected chi connectivity index (χ2v) is 5.24. The van der Waals surface area contributed by atoms with Crippen LogP contribution in [0.3, 0.4) is 0 Å². The highest BCUT2D eigenvalue weighted by molar-refractivity contribution is 9.11. The van der Waals surface area contributed by atoms with Crippen molar-refractivity contribution in [3.8, 4) is 0 Å². The monoisotopic (exact) mass is 399 g/mol. The van der Waals surface area contributed by atoms with Gasteiger partial charge in [0.05, 0.1) is 16.2 Å². The van der Waals surface area contributed by atoms with Gasteiger partial charge in [-0.05, 0) is 50.1 Å². The number of benzene rings is 1. The third kappa shape index (κ3) is 3.02. The standard InChI is InChI=1S/C12H7Br2N3O3/c13-10-7(3-1-5-9(10)17(19)20)12(18)16-8-4-2-6-15-11(8)14/h1-6H,(H,16,18). The molecule has 1 aromatic heterocycles. The minimum absolute atomic E-state index is 0.141. The molecule has 0 fully saturated rings. The minimum Gasteiger partial charge on any atom is -0.320 e. The van der Waals surface area contributed by atoms with Crippen LogP contribution in [0.4, 0.5) is 11.4 Å². The van der Waals surface area contributed by atoms with E-state index in [1.165, 1.54) is 18.2 Å². The molecule has 0 atom stereocenters. The lowest BCUT2D eigenvalue weighted by Crippen LogP contribution is -2.13. The minimum atomic E-state index is -0.555. The number of rotatable bonds is 3. The number of nitrogens with one attached hydrogen (secondary N) is 1. The maximum absolute atomic E-state index is 12.1. The second kappa shape index (κ2) is 6.10. The van der Waals surface area contributed by atoms with E-state index in [0.717, 1.165) is 0 Å². The molecule has 1 N–H and O–H groups in total. The van der Waals surface area contributed by atoms with E-state index in [0.29, 0.717) is 10.3 Å². The molecule has 0 bridgehead atoms. The van der Waals surface area contributed by atoms with Crippen molar-refractivity contribution in [1.29, 1.82) is 0 Å². The third-order valence-corrected chi connectivity index (χ3v) is 3.89. The summed E-state index contributed by atoms with van der Waals surface area (Å²) >= 11 is 6.29. The molecule has 0 aliphatic rings. The largest absolute Gasteiger partial charge is 0.320 e. The Morgan fingerprint density at radius 2 is 2.00 bits per heavy atom. The fourth-order valence-corrected chi connectivity index (χ4v) is 2.44. The molecule has 0 saturated carbocycles. The van der Waals surface area contributed by atoms with E-state index in [9.17, 15) is 14.9 Å². The molecule has 6 nitrogen and oxygen atoms in total. The Kier molecular flexibility index (Phi) is 4.46. The number of pyridine rings is 1. The molecule has 0 aliphatic carbocycles. The lowest BCUT2D eigenvalue weighted by Gasteiger charge is -2.08. The lowest BCUT2D eigenvalue weighted by molar-refractivity contribution is -0.385. The Morgan fingerprint density at radius 1 is 1.25 bits per heavy atom. The van der Waals surface area contributed by atoms with Gasteiger partial charge in [0, 0.05) is 12.3 Å². The van der Waals surface area contributed by atoms with Crippen molar-refractivity contribution in [2.75, 3.05) is 5.32 Å². The average Bonchev–Trinajstić information content (AvgIpc) is 2.41. The van der Waals surface area contributed by atoms with Gasteiger partial charge in [0.15, 0.2) is 0 Å². The smallest absolute Gasteiger partial charge is 0.284 e. The van der Waals surface area contributed by atoms with Crippen LogP contribution < -0.4 is 5.32 Å². The second-order valence-electron chi connectivity index (χ2n) is 3.69. The summed E-state index contributed by atoms with van der Waals surface area (Å²) in [5.41, 5.74) is 0.494. The fraction of sp³-hybridized carbons (Fsp3) is 0. The summed E-state index contributed by atoms with van der Waals surface area (Å²) in [6.07, 6.45) is 1.57. The Labute approximate surface area is 130 Å². The summed E-state index contributed by atoms with van der Waals surface area (Å²) in [6.45, 7) is 0. The van der Waals surface area contributed by atoms with Crippen LogP contribution in [-0.4, -0.2) is 15.8 Å². The first-order valence-electron chi connectivity index (χ1n) is 5.35. The van der Waals surface area contributed by atoms with Crippen LogP contribution in [0.15, 0.2) is 45.6 Å². The molecule has 102 valence electrons. The van der Waals surface area contributed by atoms with Gasteiger partial charge in [-0.15, -0.1) is 0 Å². The molecule has 8 heteroatoms. The van der Waals surface area contributed by atoms with Crippen LogP contribution in [0.5, 0.6) is 0 Å². The van der Waals surface area contributed by atoms with Crippen LogP contribution >= 0.6 is 31.9 Å². The van der Waals surface area contributed by atoms with Gasteiger partial charge in [0.25, 0.3) is 11.6 Å². The zero-order valence-electron chi connectivity index (χ0n) is 9.84. The van der Waals surface area contributed by atoms with Crippen molar-refractivity contribution in [1.82, 2.24) is 4.98 Å². The predicted octanol–water partition coefficient (Wildman–Crippen LogP) is 3.77. The van der Waals surface area contributed by atoms with Crippen LogP contribution in [-0.2, 0) is 0 Å². The number of carbonyl (C=O) groups excluding carboxylic acids is 1. The van der Waals surface area contributed by atoms with Crippen molar-refractivity contribution in [3.05, 3.63) is 61.3 Å². The number of halogens is 2. The zero-order chi connectivity index (χ0) is 14.7. The first kappa shape index (κ1) is 14.6. The highest BCUT2D eigenvalue weighted by Gasteiger charge is 2.19. The molecule has 0 aliphatic heterocycles. The van der Waals surface area contributed by atoms with Gasteiger partial charge >= 0.3 is 0 Å². The Bertz CT molecular complexity index is 691. The number of amides is 1. The normalized spacial score (nSPS) is 10.1. The highest BCUT2D eigenvalue weighted by Crippen LogP contribution is 2.29. The van der Waals surface area contributed by atoms with Crippen molar-refractivity contribution in [2.45, 2.75) is 0 Å². The first-order chi connectivity index (χ1) is 9.50. The fourth-order valence-electron chi connectivity index (χ4n) is 1.51. The van der Waals surface area contributed by atoms with Gasteiger partial charge < -0.3 is 5.32 Å². The van der Waals surface area contributed by atoms with E-state index < -0.39 is 10.8 Å². The molecule has 0 radical (unpaired) electrons. The van der Waals surface area contributed by atoms with Gasteiger partial charge in [-0.3, -0.25) is 14.9 Å². The number of nitro benzene ring substituents is 1. The number of hydrogen-bond donors (Lipinski definition) is 1. The average molecular weight is 401 g/mol. The topological polar surface area (TPSA) is 85.1 Å². The van der Waals surface area contributed by atoms with Crippen molar-refractivity contribution < 1.29 is 9.72 Å². The van der Waals surface area contributed by atoms with Gasteiger partial charge in [-0.25, -0.2) is 4.98 Å². The molecule has 20 heavy (non-hydrogen) atoms. The van der Waals surface area contributed by atoms with Crippen LogP contribution in [0.25, 0.3) is 0 Å². The van der Waals surface area contributed by atoms with Crippen molar-refractivity contribution in [2.24, 2.45) is 0 Å². The summed E-state index contributed by atoms with van der Waals surface area (Å²) in [5.74, 6) is -0.464. The van der Waals surface area contributed by atoms with E-state index in [2.05, 4.69) is 42.2 Å². The summed E-state index contributed by atoms with van der Waals surface area (Å²) in [6, 6.07) is 7.61. The Hall–Kier alpha value is -1.80. The number of anilines is 1. The maximum atomic E-state index is 12.1. The first-order valence-corrected chi connectivity index (χ1v) is 6.94. The van der Waals surface area contributed by atoms with E-state index in [1.54, 1.807) is 18.3 Å². The number of nitrogens with zero attached hydrogens (tertiary/aromatic N) is 2. The molecule has 1 aromatic carbocycles. The quantitative estimate of drug-likeness (QED) is 0.482. The molecule has 2 rings (SSSR count). The van der Waals surface area contributed by atoms with Gasteiger partial charge in [-0.2, -0.15) is 0 Å². The molecular weight excluding hydrogens is 394 g/mol. The summed E-state index contributed by atoms with van der Waals surface area (Å²) < 4.78 is 0.623. The van der Waals surface area contributed by atoms with E-state index in [-0.39, 0.29) is 15.7 Å². The van der Waals surface area contributed by atoms with Crippen molar-refractivity contribution in [3.63, 3.8) is 0 Å². The lowest BCUT2D eigenvalue weighted by atomic mass is 10.2. The van der Waals surface area contributed by atoms with Gasteiger partial charge in [0.2, 0.25) is 0 Å². The summed E-state index contributed by atoms with van der Waals surface area (Å²) in [7, 11) is 0. The molecule has 0 spiro atoms. The predicted molar refractivity (Wildman–Crippen MR) is 80.7 cm³/mol. The highest BCUT2D eigenvalue weighted by atomic mass is 79.9. The van der Waals surface area contributed by atoms with Crippen molar-refractivity contribution >= 4 is 49.1 Å².